The minimum absolute atomic E-state index is 0.199. The Hall–Kier alpha value is -2.69. The van der Waals surface area contributed by atoms with Crippen molar-refractivity contribution in [2.24, 2.45) is 0 Å². The number of rotatable bonds is 2. The fourth-order valence-electron chi connectivity index (χ4n) is 3.64. The summed E-state index contributed by atoms with van der Waals surface area (Å²) in [6.07, 6.45) is 3.77. The lowest BCUT2D eigenvalue weighted by atomic mass is 9.89. The van der Waals surface area contributed by atoms with E-state index in [0.717, 1.165) is 30.5 Å². The van der Waals surface area contributed by atoms with Crippen molar-refractivity contribution in [3.05, 3.63) is 71.4 Å². The van der Waals surface area contributed by atoms with Gasteiger partial charge in [0.2, 0.25) is 0 Å². The summed E-state index contributed by atoms with van der Waals surface area (Å²) in [5, 5.41) is 1.23. The molecule has 0 spiro atoms. The molecule has 0 radical (unpaired) electrons. The number of piperidine rings is 1. The molecule has 1 aromatic heterocycles. The third kappa shape index (κ3) is 2.90. The van der Waals surface area contributed by atoms with Gasteiger partial charge in [0.15, 0.2) is 11.6 Å². The molecule has 1 amide bonds. The predicted octanol–water partition coefficient (Wildman–Crippen LogP) is 4.47. The minimum Gasteiger partial charge on any atom is -0.361 e. The summed E-state index contributed by atoms with van der Waals surface area (Å²) in [6.45, 7) is 1.23. The zero-order valence-corrected chi connectivity index (χ0v) is 13.6. The minimum atomic E-state index is -0.987. The highest BCUT2D eigenvalue weighted by molar-refractivity contribution is 5.94. The highest BCUT2D eigenvalue weighted by atomic mass is 19.2. The molecule has 0 aliphatic carbocycles. The van der Waals surface area contributed by atoms with Crippen molar-refractivity contribution >= 4 is 16.8 Å². The summed E-state index contributed by atoms with van der Waals surface area (Å²) in [6, 6.07) is 11.5. The van der Waals surface area contributed by atoms with Crippen LogP contribution in [0.5, 0.6) is 0 Å². The number of aromatic nitrogens is 1. The van der Waals surface area contributed by atoms with Gasteiger partial charge in [-0.05, 0) is 48.6 Å². The van der Waals surface area contributed by atoms with E-state index < -0.39 is 11.6 Å². The second-order valence-corrected chi connectivity index (χ2v) is 6.48. The van der Waals surface area contributed by atoms with Gasteiger partial charge in [0.25, 0.3) is 5.91 Å². The summed E-state index contributed by atoms with van der Waals surface area (Å²) in [4.78, 5) is 17.5. The van der Waals surface area contributed by atoms with Crippen LogP contribution in [0.3, 0.4) is 0 Å². The van der Waals surface area contributed by atoms with E-state index in [2.05, 4.69) is 23.3 Å². The molecule has 1 saturated heterocycles. The van der Waals surface area contributed by atoms with Crippen LogP contribution in [-0.2, 0) is 0 Å². The number of carbonyl (C=O) groups is 1. The summed E-state index contributed by atoms with van der Waals surface area (Å²) in [5.41, 5.74) is 2.61. The van der Waals surface area contributed by atoms with Crippen LogP contribution in [0, 0.1) is 11.6 Å². The molecule has 25 heavy (non-hydrogen) atoms. The van der Waals surface area contributed by atoms with E-state index in [9.17, 15) is 13.6 Å². The summed E-state index contributed by atoms with van der Waals surface area (Å²) < 4.78 is 26.4. The van der Waals surface area contributed by atoms with Crippen molar-refractivity contribution in [3.63, 3.8) is 0 Å². The number of hydrogen-bond donors (Lipinski definition) is 1. The van der Waals surface area contributed by atoms with Gasteiger partial charge in [-0.2, -0.15) is 0 Å². The zero-order valence-electron chi connectivity index (χ0n) is 13.6. The number of nitrogens with zero attached hydrogens (tertiary/aromatic N) is 1. The number of halogens is 2. The summed E-state index contributed by atoms with van der Waals surface area (Å²) >= 11 is 0. The molecule has 2 aromatic carbocycles. The van der Waals surface area contributed by atoms with E-state index in [4.69, 9.17) is 0 Å². The number of likely N-dealkylation sites (tertiary alicyclic amines) is 1. The van der Waals surface area contributed by atoms with E-state index in [1.54, 1.807) is 4.90 Å². The fourth-order valence-corrected chi connectivity index (χ4v) is 3.64. The maximum atomic E-state index is 13.4. The topological polar surface area (TPSA) is 36.1 Å². The largest absolute Gasteiger partial charge is 0.361 e. The third-order valence-electron chi connectivity index (χ3n) is 5.01. The van der Waals surface area contributed by atoms with Crippen molar-refractivity contribution in [1.82, 2.24) is 9.88 Å². The maximum absolute atomic E-state index is 13.4. The van der Waals surface area contributed by atoms with Gasteiger partial charge < -0.3 is 9.88 Å². The number of benzene rings is 2. The standard InChI is InChI=1S/C20H18F2N2O/c21-17-6-5-14(11-18(17)22)20(25)24-9-7-13(8-10-24)16-12-23-19-4-2-1-3-15(16)19/h1-6,11-13,23H,7-10H2. The van der Waals surface area contributed by atoms with Gasteiger partial charge >= 0.3 is 0 Å². The number of aromatic amines is 1. The molecule has 0 atom stereocenters. The number of nitrogens with one attached hydrogen (secondary N) is 1. The molecule has 1 aliphatic heterocycles. The third-order valence-corrected chi connectivity index (χ3v) is 5.01. The van der Waals surface area contributed by atoms with Crippen LogP contribution in [0.2, 0.25) is 0 Å². The molecule has 0 saturated carbocycles. The molecule has 0 unspecified atom stereocenters. The molecular formula is C20H18F2N2O. The Morgan fingerprint density at radius 2 is 1.80 bits per heavy atom. The average Bonchev–Trinajstić information content (AvgIpc) is 3.08. The van der Waals surface area contributed by atoms with Crippen molar-refractivity contribution < 1.29 is 13.6 Å². The SMILES string of the molecule is O=C(c1ccc(F)c(F)c1)N1CCC(c2c[nH]c3ccccc23)CC1. The van der Waals surface area contributed by atoms with Crippen LogP contribution in [0.4, 0.5) is 8.78 Å². The van der Waals surface area contributed by atoms with E-state index in [0.29, 0.717) is 19.0 Å². The molecule has 128 valence electrons. The predicted molar refractivity (Wildman–Crippen MR) is 92.5 cm³/mol. The Morgan fingerprint density at radius 3 is 2.56 bits per heavy atom. The van der Waals surface area contributed by atoms with Gasteiger partial charge in [0.1, 0.15) is 0 Å². The van der Waals surface area contributed by atoms with Gasteiger partial charge in [0.05, 0.1) is 0 Å². The molecule has 2 heterocycles. The number of carbonyl (C=O) groups excluding carboxylic acids is 1. The normalized spacial score (nSPS) is 15.7. The summed E-state index contributed by atoms with van der Waals surface area (Å²) in [5.74, 6) is -1.77. The Morgan fingerprint density at radius 1 is 1.04 bits per heavy atom. The maximum Gasteiger partial charge on any atom is 0.253 e. The Labute approximate surface area is 144 Å². The van der Waals surface area contributed by atoms with Gasteiger partial charge in [-0.1, -0.05) is 18.2 Å². The quantitative estimate of drug-likeness (QED) is 0.734. The first-order valence-electron chi connectivity index (χ1n) is 8.44. The first-order valence-corrected chi connectivity index (χ1v) is 8.44. The first-order chi connectivity index (χ1) is 12.1. The van der Waals surface area contributed by atoms with Gasteiger partial charge in [-0.3, -0.25) is 4.79 Å². The second kappa shape index (κ2) is 6.31. The van der Waals surface area contributed by atoms with E-state index in [1.165, 1.54) is 17.0 Å². The first kappa shape index (κ1) is 15.8. The number of para-hydroxylation sites is 1. The molecular weight excluding hydrogens is 322 g/mol. The lowest BCUT2D eigenvalue weighted by molar-refractivity contribution is 0.0712. The number of fused-ring (bicyclic) bond motifs is 1. The van der Waals surface area contributed by atoms with Crippen LogP contribution in [0.1, 0.15) is 34.7 Å². The van der Waals surface area contributed by atoms with Gasteiger partial charge in [0, 0.05) is 35.8 Å². The van der Waals surface area contributed by atoms with Crippen LogP contribution in [0.25, 0.3) is 10.9 Å². The molecule has 3 aromatic rings. The highest BCUT2D eigenvalue weighted by Crippen LogP contribution is 2.33. The highest BCUT2D eigenvalue weighted by Gasteiger charge is 2.26. The van der Waals surface area contributed by atoms with Gasteiger partial charge in [-0.15, -0.1) is 0 Å². The molecule has 5 heteroatoms. The molecule has 0 bridgehead atoms. The van der Waals surface area contributed by atoms with Crippen molar-refractivity contribution in [3.8, 4) is 0 Å². The van der Waals surface area contributed by atoms with E-state index in [1.807, 2.05) is 12.1 Å². The molecule has 1 fully saturated rings. The molecule has 1 aliphatic rings. The number of amides is 1. The zero-order chi connectivity index (χ0) is 17.4. The van der Waals surface area contributed by atoms with Crippen molar-refractivity contribution in [2.45, 2.75) is 18.8 Å². The number of hydrogen-bond acceptors (Lipinski definition) is 1. The van der Waals surface area contributed by atoms with Crippen LogP contribution >= 0.6 is 0 Å². The monoisotopic (exact) mass is 340 g/mol. The molecule has 4 rings (SSSR count). The van der Waals surface area contributed by atoms with Gasteiger partial charge in [-0.25, -0.2) is 8.78 Å². The molecule has 3 nitrogen and oxygen atoms in total. The molecule has 1 N–H and O–H groups in total. The Bertz CT molecular complexity index is 926. The smallest absolute Gasteiger partial charge is 0.253 e. The van der Waals surface area contributed by atoms with Crippen LogP contribution < -0.4 is 0 Å². The fraction of sp³-hybridized carbons (Fsp3) is 0.250. The van der Waals surface area contributed by atoms with Crippen LogP contribution in [-0.4, -0.2) is 28.9 Å². The Balaban J connectivity index is 1.47. The van der Waals surface area contributed by atoms with Crippen LogP contribution in [0.15, 0.2) is 48.7 Å². The second-order valence-electron chi connectivity index (χ2n) is 6.48. The van der Waals surface area contributed by atoms with E-state index >= 15 is 0 Å². The Kier molecular flexibility index (Phi) is 3.99. The average molecular weight is 340 g/mol. The van der Waals surface area contributed by atoms with Crippen molar-refractivity contribution in [1.29, 1.82) is 0 Å². The van der Waals surface area contributed by atoms with E-state index in [-0.39, 0.29) is 11.5 Å². The lowest BCUT2D eigenvalue weighted by Crippen LogP contribution is -2.38. The van der Waals surface area contributed by atoms with Crippen molar-refractivity contribution in [2.75, 3.05) is 13.1 Å². The summed E-state index contributed by atoms with van der Waals surface area (Å²) in [7, 11) is 0. The number of H-pyrrole nitrogens is 1. The lowest BCUT2D eigenvalue weighted by Gasteiger charge is -2.32.